The largest absolute Gasteiger partial charge is 0.386 e. The van der Waals surface area contributed by atoms with E-state index in [1.165, 1.54) is 26.2 Å². The van der Waals surface area contributed by atoms with Crippen LogP contribution in [0.3, 0.4) is 0 Å². The van der Waals surface area contributed by atoms with Crippen molar-refractivity contribution < 1.29 is 18.7 Å². The minimum absolute atomic E-state index is 0.00806. The predicted octanol–water partition coefficient (Wildman–Crippen LogP) is 3.59. The van der Waals surface area contributed by atoms with Crippen molar-refractivity contribution in [3.63, 3.8) is 0 Å². The number of alkyl halides is 1. The number of anilines is 1. The molecule has 3 N–H and O–H groups in total. The van der Waals surface area contributed by atoms with Crippen LogP contribution in [0, 0.1) is 11.7 Å². The fraction of sp³-hybridized carbons (Fsp3) is 0.300. The maximum atomic E-state index is 15.2. The summed E-state index contributed by atoms with van der Waals surface area (Å²) in [5.74, 6) is -1.57. The lowest BCUT2D eigenvalue weighted by Gasteiger charge is -2.21. The highest BCUT2D eigenvalue weighted by Gasteiger charge is 2.43. The van der Waals surface area contributed by atoms with Gasteiger partial charge in [0.25, 0.3) is 0 Å². The number of aromatic amines is 1. The molecular formula is C20H17ClF2N6O2. The number of imidazole rings is 1. The lowest BCUT2D eigenvalue weighted by Crippen LogP contribution is -2.19. The minimum atomic E-state index is -1.49. The van der Waals surface area contributed by atoms with Crippen LogP contribution < -0.4 is 5.32 Å². The molecule has 0 unspecified atom stereocenters. The van der Waals surface area contributed by atoms with Gasteiger partial charge >= 0.3 is 0 Å². The first kappa shape index (κ1) is 19.8. The summed E-state index contributed by atoms with van der Waals surface area (Å²) in [6.07, 6.45) is 5.19. The van der Waals surface area contributed by atoms with E-state index in [9.17, 15) is 14.3 Å². The maximum Gasteiger partial charge on any atom is 0.231 e. The number of nitrogens with zero attached hydrogens (tertiary/aromatic N) is 4. The molecule has 3 aromatic heterocycles. The number of nitrogens with one attached hydrogen (secondary N) is 2. The van der Waals surface area contributed by atoms with Gasteiger partial charge in [0.05, 0.1) is 46.3 Å². The molecule has 160 valence electrons. The number of hydrogen-bond donors (Lipinski definition) is 3. The number of carbonyl (C=O) groups is 1. The molecule has 1 aliphatic rings. The molecule has 11 heteroatoms. The molecule has 4 aromatic rings. The van der Waals surface area contributed by atoms with Gasteiger partial charge in [0, 0.05) is 22.7 Å². The average Bonchev–Trinajstić information content (AvgIpc) is 3.07. The van der Waals surface area contributed by atoms with Gasteiger partial charge in [0.15, 0.2) is 17.3 Å². The molecule has 31 heavy (non-hydrogen) atoms. The van der Waals surface area contributed by atoms with E-state index in [0.717, 1.165) is 0 Å². The number of aliphatic hydroxyl groups is 1. The zero-order chi connectivity index (χ0) is 22.1. The Kier molecular flexibility index (Phi) is 4.28. The summed E-state index contributed by atoms with van der Waals surface area (Å²) in [4.78, 5) is 20.5. The van der Waals surface area contributed by atoms with Crippen molar-refractivity contribution >= 4 is 39.9 Å². The van der Waals surface area contributed by atoms with Crippen LogP contribution in [-0.2, 0) is 10.4 Å². The zero-order valence-corrected chi connectivity index (χ0v) is 17.2. The van der Waals surface area contributed by atoms with Crippen LogP contribution in [0.5, 0.6) is 0 Å². The van der Waals surface area contributed by atoms with Gasteiger partial charge in [-0.25, -0.2) is 13.8 Å². The Bertz CT molecular complexity index is 1360. The Hall–Kier alpha value is -3.11. The van der Waals surface area contributed by atoms with E-state index in [2.05, 4.69) is 25.5 Å². The summed E-state index contributed by atoms with van der Waals surface area (Å²) in [5, 5.41) is 20.0. The van der Waals surface area contributed by atoms with Gasteiger partial charge in [-0.05, 0) is 20.3 Å². The Morgan fingerprint density at radius 3 is 2.81 bits per heavy atom. The van der Waals surface area contributed by atoms with Crippen LogP contribution in [0.25, 0.3) is 27.8 Å². The van der Waals surface area contributed by atoms with Gasteiger partial charge in [-0.1, -0.05) is 11.6 Å². The van der Waals surface area contributed by atoms with Gasteiger partial charge < -0.3 is 14.8 Å². The third-order valence-electron chi connectivity index (χ3n) is 5.30. The molecule has 1 aliphatic carbocycles. The molecule has 2 atom stereocenters. The Labute approximate surface area is 179 Å². The van der Waals surface area contributed by atoms with E-state index in [0.29, 0.717) is 27.8 Å². The summed E-state index contributed by atoms with van der Waals surface area (Å²) >= 11 is 6.37. The lowest BCUT2D eigenvalue weighted by atomic mass is 9.92. The molecule has 1 fully saturated rings. The maximum absolute atomic E-state index is 15.2. The van der Waals surface area contributed by atoms with E-state index < -0.39 is 29.4 Å². The van der Waals surface area contributed by atoms with Crippen LogP contribution in [-0.4, -0.2) is 41.8 Å². The van der Waals surface area contributed by atoms with E-state index in [1.807, 2.05) is 0 Å². The third kappa shape index (κ3) is 3.22. The molecule has 0 aliphatic heterocycles. The number of fused-ring (bicyclic) bond motifs is 2. The molecule has 1 saturated carbocycles. The molecule has 1 amide bonds. The topological polar surface area (TPSA) is 108 Å². The first-order chi connectivity index (χ1) is 14.6. The number of aromatic nitrogens is 5. The van der Waals surface area contributed by atoms with Crippen molar-refractivity contribution in [1.29, 1.82) is 0 Å². The third-order valence-corrected chi connectivity index (χ3v) is 5.66. The average molecular weight is 447 g/mol. The van der Waals surface area contributed by atoms with Crippen molar-refractivity contribution in [2.75, 3.05) is 5.32 Å². The molecule has 3 heterocycles. The molecule has 0 spiro atoms. The van der Waals surface area contributed by atoms with Crippen LogP contribution in [0.1, 0.15) is 25.8 Å². The van der Waals surface area contributed by atoms with Crippen LogP contribution in [0.2, 0.25) is 5.02 Å². The summed E-state index contributed by atoms with van der Waals surface area (Å²) in [6.45, 7) is 2.92. The van der Waals surface area contributed by atoms with Crippen LogP contribution in [0.4, 0.5) is 14.6 Å². The van der Waals surface area contributed by atoms with Gasteiger partial charge in [0.1, 0.15) is 6.17 Å². The predicted molar refractivity (Wildman–Crippen MR) is 110 cm³/mol. The second-order valence-corrected chi connectivity index (χ2v) is 8.49. The number of rotatable bonds is 4. The molecule has 1 aromatic carbocycles. The molecule has 8 nitrogen and oxygen atoms in total. The van der Waals surface area contributed by atoms with Crippen molar-refractivity contribution in [2.45, 2.75) is 32.0 Å². The first-order valence-corrected chi connectivity index (χ1v) is 9.90. The number of halogens is 3. The van der Waals surface area contributed by atoms with E-state index in [-0.39, 0.29) is 22.8 Å². The second kappa shape index (κ2) is 6.69. The van der Waals surface area contributed by atoms with Crippen LogP contribution >= 0.6 is 11.6 Å². The van der Waals surface area contributed by atoms with Gasteiger partial charge in [-0.3, -0.25) is 14.9 Å². The van der Waals surface area contributed by atoms with Gasteiger partial charge in [-0.2, -0.15) is 5.10 Å². The molecule has 5 rings (SSSR count). The number of hydrogen-bond acceptors (Lipinski definition) is 5. The van der Waals surface area contributed by atoms with Crippen molar-refractivity contribution in [1.82, 2.24) is 24.6 Å². The van der Waals surface area contributed by atoms with E-state index >= 15 is 4.39 Å². The first-order valence-electron chi connectivity index (χ1n) is 9.52. The highest BCUT2D eigenvalue weighted by Crippen LogP contribution is 2.41. The molecule has 0 saturated heterocycles. The Morgan fingerprint density at radius 1 is 1.39 bits per heavy atom. The second-order valence-electron chi connectivity index (χ2n) is 8.11. The number of benzene rings is 1. The highest BCUT2D eigenvalue weighted by molar-refractivity contribution is 6.35. The summed E-state index contributed by atoms with van der Waals surface area (Å²) in [5.41, 5.74) is -0.100. The monoisotopic (exact) mass is 446 g/mol. The summed E-state index contributed by atoms with van der Waals surface area (Å²) < 4.78 is 29.8. The molecule has 0 bridgehead atoms. The lowest BCUT2D eigenvalue weighted by molar-refractivity contribution is -0.117. The van der Waals surface area contributed by atoms with E-state index in [1.54, 1.807) is 16.8 Å². The van der Waals surface area contributed by atoms with Crippen molar-refractivity contribution in [3.8, 4) is 11.3 Å². The molecular weight excluding hydrogens is 430 g/mol. The number of amides is 1. The highest BCUT2D eigenvalue weighted by atomic mass is 35.5. The number of H-pyrrole nitrogens is 1. The standard InChI is InChI=1S/C20H17ClF2N6O2/c1-20(2,31)15-17(23)16(21)14(9-4-25-28-18(9)15)11-6-29-7-12(26-13(29)5-24-11)27-19(30)8-3-10(8)22/h4-8,10,31H,3H2,1-2H3,(H,25,28)(H,27,30)/t8-,10+/m1/s1. The van der Waals surface area contributed by atoms with E-state index in [4.69, 9.17) is 11.6 Å². The minimum Gasteiger partial charge on any atom is -0.386 e. The summed E-state index contributed by atoms with van der Waals surface area (Å²) in [7, 11) is 0. The Balaban J connectivity index is 1.60. The van der Waals surface area contributed by atoms with Gasteiger partial charge in [0.2, 0.25) is 5.91 Å². The Morgan fingerprint density at radius 2 is 2.13 bits per heavy atom. The summed E-state index contributed by atoms with van der Waals surface area (Å²) in [6, 6.07) is 0. The smallest absolute Gasteiger partial charge is 0.231 e. The van der Waals surface area contributed by atoms with Crippen molar-refractivity contribution in [2.24, 2.45) is 5.92 Å². The fourth-order valence-corrected chi connectivity index (χ4v) is 3.97. The normalized spacial score (nSPS) is 18.6. The fourth-order valence-electron chi connectivity index (χ4n) is 3.68. The van der Waals surface area contributed by atoms with Crippen molar-refractivity contribution in [3.05, 3.63) is 41.2 Å². The zero-order valence-electron chi connectivity index (χ0n) is 16.4. The van der Waals surface area contributed by atoms with Crippen LogP contribution in [0.15, 0.2) is 24.8 Å². The SMILES string of the molecule is CC(C)(O)c1c(F)c(Cl)c(-c2cn3cc(NC(=O)[C@@H]4C[C@@H]4F)nc3cn2)c2cn[nH]c12. The van der Waals surface area contributed by atoms with Gasteiger partial charge in [-0.15, -0.1) is 0 Å². The number of carbonyl (C=O) groups excluding carboxylic acids is 1. The molecule has 0 radical (unpaired) electrons. The quantitative estimate of drug-likeness (QED) is 0.444.